The number of nitrogens with one attached hydrogen (secondary N) is 2. The summed E-state index contributed by atoms with van der Waals surface area (Å²) in [5, 5.41) is 26.4. The molecule has 0 saturated heterocycles. The number of alkyl halides is 9. The fourth-order valence-electron chi connectivity index (χ4n) is 1.64. The minimum absolute atomic E-state index is 0.0999. The first-order chi connectivity index (χ1) is 17.6. The van der Waals surface area contributed by atoms with Crippen LogP contribution in [-0.4, -0.2) is 47.3 Å². The number of aromatic nitrogens is 3. The largest absolute Gasteiger partial charge is 0.542 e. The quantitative estimate of drug-likeness (QED) is 0.205. The molecule has 0 unspecified atom stereocenters. The zero-order valence-electron chi connectivity index (χ0n) is 18.8. The number of hydrogen-bond donors (Lipinski definition) is 2. The van der Waals surface area contributed by atoms with Gasteiger partial charge in [-0.1, -0.05) is 0 Å². The van der Waals surface area contributed by atoms with Gasteiger partial charge < -0.3 is 29.7 Å². The van der Waals surface area contributed by atoms with E-state index < -0.39 is 36.4 Å². The minimum atomic E-state index is -5.19. The van der Waals surface area contributed by atoms with Gasteiger partial charge in [-0.05, 0) is 11.1 Å². The summed E-state index contributed by atoms with van der Waals surface area (Å²) >= 11 is 0. The summed E-state index contributed by atoms with van der Waals surface area (Å²) in [6, 6.07) is 5.66. The highest BCUT2D eigenvalue weighted by Crippen LogP contribution is 2.12. The molecule has 2 aromatic rings. The van der Waals surface area contributed by atoms with E-state index in [9.17, 15) is 44.3 Å². The SMILES string of the molecule is O=C([O-])C(F)(F)F.O=C([O-])C(F)(F)F.O=C([O-])C(F)(F)F.[NH3+]NC(=O)Cc1ccc[n+](Cc2nccc[nH+]2)c1. The Balaban J connectivity index is 0. The van der Waals surface area contributed by atoms with Crippen LogP contribution in [0.4, 0.5) is 39.5 Å². The van der Waals surface area contributed by atoms with Gasteiger partial charge in [0.2, 0.25) is 0 Å². The van der Waals surface area contributed by atoms with Crippen molar-refractivity contribution in [2.45, 2.75) is 31.5 Å². The summed E-state index contributed by atoms with van der Waals surface area (Å²) in [6.07, 6.45) is -7.81. The molecular weight excluding hydrogens is 569 g/mol. The van der Waals surface area contributed by atoms with Crippen molar-refractivity contribution in [2.75, 3.05) is 0 Å². The van der Waals surface area contributed by atoms with Crippen LogP contribution in [0.5, 0.6) is 0 Å². The third-order valence-corrected chi connectivity index (χ3v) is 3.17. The zero-order chi connectivity index (χ0) is 31.0. The molecule has 0 atom stereocenters. The van der Waals surface area contributed by atoms with Crippen molar-refractivity contribution >= 4 is 23.8 Å². The molecule has 2 rings (SSSR count). The molecule has 12 nitrogen and oxygen atoms in total. The van der Waals surface area contributed by atoms with Crippen molar-refractivity contribution in [1.82, 2.24) is 10.4 Å². The Morgan fingerprint density at radius 3 is 1.64 bits per heavy atom. The molecule has 218 valence electrons. The van der Waals surface area contributed by atoms with Gasteiger partial charge in [-0.3, -0.25) is 10.6 Å². The van der Waals surface area contributed by atoms with Crippen molar-refractivity contribution in [3.63, 3.8) is 0 Å². The van der Waals surface area contributed by atoms with E-state index in [2.05, 4.69) is 21.2 Å². The summed E-state index contributed by atoms with van der Waals surface area (Å²) in [7, 11) is 0. The maximum absolute atomic E-state index is 11.2. The predicted molar refractivity (Wildman–Crippen MR) is 94.5 cm³/mol. The molecule has 39 heavy (non-hydrogen) atoms. The number of rotatable bonds is 4. The van der Waals surface area contributed by atoms with Gasteiger partial charge in [-0.15, -0.1) is 0 Å². The molecule has 2 aromatic heterocycles. The summed E-state index contributed by atoms with van der Waals surface area (Å²) in [6.45, 7) is 0.640. The fourth-order valence-corrected chi connectivity index (χ4v) is 1.64. The molecule has 0 aliphatic heterocycles. The van der Waals surface area contributed by atoms with Gasteiger partial charge in [0, 0.05) is 17.7 Å². The van der Waals surface area contributed by atoms with Crippen LogP contribution in [0.3, 0.4) is 0 Å². The highest BCUT2D eigenvalue weighted by molar-refractivity contribution is 5.76. The number of carbonyl (C=O) groups excluding carboxylic acids is 4. The molecule has 0 bridgehead atoms. The Hall–Kier alpha value is -4.56. The number of quaternary nitrogens is 1. The minimum Gasteiger partial charge on any atom is -0.542 e. The van der Waals surface area contributed by atoms with Gasteiger partial charge in [0.1, 0.15) is 24.1 Å². The Labute approximate surface area is 210 Å². The van der Waals surface area contributed by atoms with Gasteiger partial charge in [0.05, 0.1) is 12.6 Å². The molecule has 5 N–H and O–H groups in total. The Morgan fingerprint density at radius 1 is 0.872 bits per heavy atom. The Bertz CT molecular complexity index is 1020. The molecule has 1 amide bonds. The topological polar surface area (TPSA) is 208 Å². The van der Waals surface area contributed by atoms with Gasteiger partial charge in [0.15, 0.2) is 12.4 Å². The van der Waals surface area contributed by atoms with Crippen molar-refractivity contribution in [3.8, 4) is 0 Å². The van der Waals surface area contributed by atoms with E-state index in [-0.39, 0.29) is 5.91 Å². The van der Waals surface area contributed by atoms with Crippen LogP contribution in [0.1, 0.15) is 11.4 Å². The second-order valence-electron chi connectivity index (χ2n) is 6.25. The van der Waals surface area contributed by atoms with Crippen LogP contribution in [0.25, 0.3) is 0 Å². The lowest BCUT2D eigenvalue weighted by molar-refractivity contribution is -0.699. The van der Waals surface area contributed by atoms with Crippen LogP contribution in [0.15, 0.2) is 43.0 Å². The first-order valence-electron chi connectivity index (χ1n) is 9.31. The summed E-state index contributed by atoms with van der Waals surface area (Å²) < 4.78 is 96.6. The van der Waals surface area contributed by atoms with Crippen molar-refractivity contribution in [2.24, 2.45) is 0 Å². The van der Waals surface area contributed by atoms with E-state index in [4.69, 9.17) is 29.7 Å². The fraction of sp³-hybridized carbons (Fsp3) is 0.278. The van der Waals surface area contributed by atoms with E-state index in [1.807, 2.05) is 41.4 Å². The van der Waals surface area contributed by atoms with E-state index in [1.54, 1.807) is 6.20 Å². The van der Waals surface area contributed by atoms with Crippen molar-refractivity contribution < 1.29 is 89.4 Å². The summed E-state index contributed by atoms with van der Waals surface area (Å²) in [5.74, 6) is -4.91. The molecule has 2 heterocycles. The monoisotopic (exact) mass is 585 g/mol. The second-order valence-corrected chi connectivity index (χ2v) is 6.25. The number of pyridine rings is 1. The van der Waals surface area contributed by atoms with Gasteiger partial charge in [0.25, 0.3) is 12.5 Å². The smallest absolute Gasteiger partial charge is 0.430 e. The Morgan fingerprint density at radius 2 is 1.31 bits per heavy atom. The summed E-state index contributed by atoms with van der Waals surface area (Å²) in [4.78, 5) is 44.9. The molecule has 0 aliphatic rings. The molecular formula is C18H16F9N5O7. The second kappa shape index (κ2) is 16.3. The van der Waals surface area contributed by atoms with Gasteiger partial charge in [-0.2, -0.15) is 44.1 Å². The van der Waals surface area contributed by atoms with Crippen molar-refractivity contribution in [1.29, 1.82) is 0 Å². The average Bonchev–Trinajstić information content (AvgIpc) is 2.79. The molecule has 0 aliphatic carbocycles. The molecule has 0 saturated carbocycles. The predicted octanol–water partition coefficient (Wildman–Crippen LogP) is -4.06. The van der Waals surface area contributed by atoms with Gasteiger partial charge >= 0.3 is 24.4 Å². The van der Waals surface area contributed by atoms with E-state index in [0.29, 0.717) is 13.0 Å². The molecule has 0 spiro atoms. The third-order valence-electron chi connectivity index (χ3n) is 3.17. The maximum atomic E-state index is 11.2. The lowest BCUT2D eigenvalue weighted by Gasteiger charge is -2.03. The number of hydrogen-bond acceptors (Lipinski definition) is 8. The lowest BCUT2D eigenvalue weighted by atomic mass is 10.2. The zero-order valence-corrected chi connectivity index (χ0v) is 18.8. The molecule has 0 fully saturated rings. The highest BCUT2D eigenvalue weighted by atomic mass is 19.4. The average molecular weight is 585 g/mol. The van der Waals surface area contributed by atoms with Crippen molar-refractivity contribution in [3.05, 3.63) is 54.4 Å². The van der Waals surface area contributed by atoms with Crippen LogP contribution < -0.4 is 36.1 Å². The van der Waals surface area contributed by atoms with Crippen LogP contribution >= 0.6 is 0 Å². The number of aromatic amines is 1. The number of carbonyl (C=O) groups is 4. The van der Waals surface area contributed by atoms with Gasteiger partial charge in [-0.25, -0.2) is 10.4 Å². The van der Waals surface area contributed by atoms with Crippen LogP contribution in [0, 0.1) is 0 Å². The number of H-pyrrole nitrogens is 1. The number of amides is 1. The number of halogens is 9. The first-order valence-corrected chi connectivity index (χ1v) is 9.31. The number of carboxylic acids is 3. The molecule has 0 aromatic carbocycles. The van der Waals surface area contributed by atoms with E-state index in [1.165, 1.54) is 0 Å². The standard InChI is InChI=1S/C12H13N5O.3C2HF3O2/c13-16-12(18)7-10-3-1-6-17(8-10)9-11-14-4-2-5-15-11;3*3-2(4,5)1(6)7/h1-6,8H,7,9,13H2;3*(H,6,7). The maximum Gasteiger partial charge on any atom is 0.430 e. The van der Waals surface area contributed by atoms with E-state index in [0.717, 1.165) is 11.4 Å². The highest BCUT2D eigenvalue weighted by Gasteiger charge is 2.30. The molecule has 21 heteroatoms. The Kier molecular flexibility index (Phi) is 15.3. The first kappa shape index (κ1) is 36.6. The number of nitrogens with zero attached hydrogens (tertiary/aromatic N) is 2. The number of aliphatic carboxylic acids is 3. The lowest BCUT2D eigenvalue weighted by Crippen LogP contribution is -2.67. The third kappa shape index (κ3) is 19.2. The number of carboxylic acid groups (broad SMARTS) is 3. The summed E-state index contributed by atoms with van der Waals surface area (Å²) in [5.41, 5.74) is 3.31. The normalized spacial score (nSPS) is 10.7. The molecule has 0 radical (unpaired) electrons. The van der Waals surface area contributed by atoms with Crippen LogP contribution in [-0.2, 0) is 32.1 Å². The van der Waals surface area contributed by atoms with Crippen LogP contribution in [0.2, 0.25) is 0 Å². The van der Waals surface area contributed by atoms with E-state index >= 15 is 0 Å².